The van der Waals surface area contributed by atoms with Gasteiger partial charge in [0, 0.05) is 38.4 Å². The smallest absolute Gasteiger partial charge is 0.226 e. The lowest BCUT2D eigenvalue weighted by Crippen LogP contribution is -2.45. The van der Waals surface area contributed by atoms with Gasteiger partial charge in [0.1, 0.15) is 6.10 Å². The molecular formula is C17H27ClN2O4. The number of nitrogens with two attached hydrogens (primary N) is 1. The number of hydrogen-bond donors (Lipinski definition) is 1. The number of carbonyl (C=O) groups excluding carboxylic acids is 1. The molecule has 0 aromatic heterocycles. The van der Waals surface area contributed by atoms with E-state index in [4.69, 9.17) is 19.9 Å². The summed E-state index contributed by atoms with van der Waals surface area (Å²) in [6.45, 7) is 3.62. The van der Waals surface area contributed by atoms with Gasteiger partial charge < -0.3 is 24.8 Å². The van der Waals surface area contributed by atoms with Crippen LogP contribution in [0.15, 0.2) is 18.2 Å². The van der Waals surface area contributed by atoms with Crippen LogP contribution in [0.2, 0.25) is 0 Å². The van der Waals surface area contributed by atoms with E-state index in [2.05, 4.69) is 0 Å². The second-order valence-corrected chi connectivity index (χ2v) is 5.77. The topological polar surface area (TPSA) is 74.0 Å². The fourth-order valence-electron chi connectivity index (χ4n) is 2.71. The monoisotopic (exact) mass is 358 g/mol. The molecule has 1 aliphatic rings. The lowest BCUT2D eigenvalue weighted by atomic mass is 10.0. The molecule has 2 rings (SSSR count). The number of likely N-dealkylation sites (tertiary alicyclic amines) is 1. The van der Waals surface area contributed by atoms with Crippen molar-refractivity contribution >= 4 is 18.3 Å². The highest BCUT2D eigenvalue weighted by molar-refractivity contribution is 5.85. The molecule has 2 N–H and O–H groups in total. The number of rotatable bonds is 6. The minimum atomic E-state index is -0.123. The van der Waals surface area contributed by atoms with Crippen molar-refractivity contribution in [2.45, 2.75) is 25.9 Å². The number of para-hydroxylation sites is 1. The molecule has 6 nitrogen and oxygen atoms in total. The van der Waals surface area contributed by atoms with Gasteiger partial charge >= 0.3 is 0 Å². The third-order valence-corrected chi connectivity index (χ3v) is 4.20. The molecular weight excluding hydrogens is 332 g/mol. The fourth-order valence-corrected chi connectivity index (χ4v) is 2.71. The summed E-state index contributed by atoms with van der Waals surface area (Å²) in [7, 11) is 3.22. The van der Waals surface area contributed by atoms with Crippen molar-refractivity contribution in [2.75, 3.05) is 33.9 Å². The largest absolute Gasteiger partial charge is 0.493 e. The van der Waals surface area contributed by atoms with Gasteiger partial charge in [-0.05, 0) is 12.1 Å². The number of amides is 1. The number of piperidine rings is 1. The van der Waals surface area contributed by atoms with Crippen LogP contribution in [0.5, 0.6) is 17.2 Å². The maximum atomic E-state index is 12.2. The lowest BCUT2D eigenvalue weighted by Gasteiger charge is -2.34. The number of methoxy groups -OCH3 is 2. The van der Waals surface area contributed by atoms with Crippen molar-refractivity contribution in [1.29, 1.82) is 0 Å². The van der Waals surface area contributed by atoms with Gasteiger partial charge in [0.2, 0.25) is 11.7 Å². The number of nitrogens with zero attached hydrogens (tertiary/aromatic N) is 1. The Kier molecular flexibility index (Phi) is 8.15. The summed E-state index contributed by atoms with van der Waals surface area (Å²) in [5.41, 5.74) is 5.57. The number of hydrogen-bond acceptors (Lipinski definition) is 5. The van der Waals surface area contributed by atoms with Crippen LogP contribution in [0.3, 0.4) is 0 Å². The maximum Gasteiger partial charge on any atom is 0.226 e. The Balaban J connectivity index is 0.00000288. The number of ether oxygens (including phenoxy) is 3. The van der Waals surface area contributed by atoms with Crippen LogP contribution < -0.4 is 19.9 Å². The zero-order valence-corrected chi connectivity index (χ0v) is 15.3. The van der Waals surface area contributed by atoms with Gasteiger partial charge in [-0.3, -0.25) is 4.79 Å². The molecule has 136 valence electrons. The summed E-state index contributed by atoms with van der Waals surface area (Å²) in [5, 5.41) is 0. The molecule has 1 atom stereocenters. The van der Waals surface area contributed by atoms with Crippen LogP contribution in [0, 0.1) is 5.92 Å². The molecule has 1 aromatic rings. The van der Waals surface area contributed by atoms with E-state index in [0.29, 0.717) is 36.9 Å². The predicted octanol–water partition coefficient (Wildman–Crippen LogP) is 2.09. The summed E-state index contributed by atoms with van der Waals surface area (Å²) in [5.74, 6) is 1.93. The Morgan fingerprint density at radius 2 is 1.79 bits per heavy atom. The van der Waals surface area contributed by atoms with E-state index in [1.807, 2.05) is 30.0 Å². The zero-order valence-electron chi connectivity index (χ0n) is 14.5. The van der Waals surface area contributed by atoms with Crippen molar-refractivity contribution in [1.82, 2.24) is 4.90 Å². The predicted molar refractivity (Wildman–Crippen MR) is 95.2 cm³/mol. The Morgan fingerprint density at radius 1 is 1.25 bits per heavy atom. The highest BCUT2D eigenvalue weighted by Crippen LogP contribution is 2.38. The van der Waals surface area contributed by atoms with Crippen LogP contribution >= 0.6 is 12.4 Å². The van der Waals surface area contributed by atoms with Gasteiger partial charge in [0.05, 0.1) is 14.2 Å². The molecule has 0 spiro atoms. The second-order valence-electron chi connectivity index (χ2n) is 5.77. The minimum Gasteiger partial charge on any atom is -0.493 e. The maximum absolute atomic E-state index is 12.2. The van der Waals surface area contributed by atoms with Gasteiger partial charge in [-0.15, -0.1) is 12.4 Å². The first kappa shape index (κ1) is 20.4. The van der Waals surface area contributed by atoms with Crippen molar-refractivity contribution < 1.29 is 19.0 Å². The molecule has 1 saturated heterocycles. The molecule has 1 heterocycles. The minimum absolute atomic E-state index is 0. The van der Waals surface area contributed by atoms with Crippen LogP contribution in [0.1, 0.15) is 19.8 Å². The van der Waals surface area contributed by atoms with E-state index in [1.165, 1.54) is 0 Å². The first-order valence-corrected chi connectivity index (χ1v) is 7.97. The highest BCUT2D eigenvalue weighted by Gasteiger charge is 2.27. The summed E-state index contributed by atoms with van der Waals surface area (Å²) in [4.78, 5) is 14.0. The van der Waals surface area contributed by atoms with E-state index >= 15 is 0 Å². The van der Waals surface area contributed by atoms with E-state index in [-0.39, 0.29) is 30.3 Å². The van der Waals surface area contributed by atoms with E-state index < -0.39 is 0 Å². The standard InChI is InChI=1S/C17H26N2O4.ClH/c1-12(11-18)17(20)19-9-7-13(8-10-19)23-16-14(21-2)5-4-6-15(16)22-3;/h4-6,12-13H,7-11,18H2,1-3H3;1H. The molecule has 1 unspecified atom stereocenters. The van der Waals surface area contributed by atoms with Gasteiger partial charge in [0.25, 0.3) is 0 Å². The Bertz CT molecular complexity index is 511. The summed E-state index contributed by atoms with van der Waals surface area (Å²) >= 11 is 0. The molecule has 0 bridgehead atoms. The van der Waals surface area contributed by atoms with E-state index in [1.54, 1.807) is 14.2 Å². The summed E-state index contributed by atoms with van der Waals surface area (Å²) in [6.07, 6.45) is 1.60. The van der Waals surface area contributed by atoms with Gasteiger partial charge in [-0.1, -0.05) is 13.0 Å². The number of benzene rings is 1. The average molecular weight is 359 g/mol. The molecule has 7 heteroatoms. The quantitative estimate of drug-likeness (QED) is 0.842. The van der Waals surface area contributed by atoms with Crippen molar-refractivity contribution in [3.8, 4) is 17.2 Å². The van der Waals surface area contributed by atoms with Gasteiger partial charge in [0.15, 0.2) is 11.5 Å². The molecule has 0 saturated carbocycles. The first-order valence-electron chi connectivity index (χ1n) is 7.97. The summed E-state index contributed by atoms with van der Waals surface area (Å²) in [6, 6.07) is 5.55. The number of halogens is 1. The zero-order chi connectivity index (χ0) is 16.8. The summed E-state index contributed by atoms with van der Waals surface area (Å²) < 4.78 is 16.8. The third-order valence-electron chi connectivity index (χ3n) is 4.20. The second kappa shape index (κ2) is 9.59. The lowest BCUT2D eigenvalue weighted by molar-refractivity contribution is -0.136. The van der Waals surface area contributed by atoms with Gasteiger partial charge in [-0.25, -0.2) is 0 Å². The molecule has 24 heavy (non-hydrogen) atoms. The highest BCUT2D eigenvalue weighted by atomic mass is 35.5. The SMILES string of the molecule is COc1cccc(OC)c1OC1CCN(C(=O)C(C)CN)CC1.Cl. The van der Waals surface area contributed by atoms with E-state index in [9.17, 15) is 4.79 Å². The molecule has 0 aliphatic carbocycles. The number of carbonyl (C=O) groups is 1. The Morgan fingerprint density at radius 3 is 2.25 bits per heavy atom. The first-order chi connectivity index (χ1) is 11.1. The Labute approximate surface area is 149 Å². The molecule has 1 aromatic carbocycles. The molecule has 1 fully saturated rings. The molecule has 1 amide bonds. The fraction of sp³-hybridized carbons (Fsp3) is 0.588. The average Bonchev–Trinajstić information content (AvgIpc) is 2.61. The molecule has 1 aliphatic heterocycles. The van der Waals surface area contributed by atoms with Crippen LogP contribution in [0.25, 0.3) is 0 Å². The van der Waals surface area contributed by atoms with Crippen molar-refractivity contribution in [2.24, 2.45) is 11.7 Å². The van der Waals surface area contributed by atoms with Crippen LogP contribution in [-0.4, -0.2) is 50.8 Å². The van der Waals surface area contributed by atoms with Crippen LogP contribution in [0.4, 0.5) is 0 Å². The Hall–Kier alpha value is -1.66. The van der Waals surface area contributed by atoms with Gasteiger partial charge in [-0.2, -0.15) is 0 Å². The normalized spacial score (nSPS) is 16.1. The van der Waals surface area contributed by atoms with Crippen molar-refractivity contribution in [3.63, 3.8) is 0 Å². The van der Waals surface area contributed by atoms with Crippen LogP contribution in [-0.2, 0) is 4.79 Å². The third kappa shape index (κ3) is 4.68. The van der Waals surface area contributed by atoms with Crippen molar-refractivity contribution in [3.05, 3.63) is 18.2 Å². The molecule has 0 radical (unpaired) electrons. The van der Waals surface area contributed by atoms with E-state index in [0.717, 1.165) is 12.8 Å².